The molecule has 4 rings (SSSR count). The van der Waals surface area contributed by atoms with Crippen molar-refractivity contribution in [3.63, 3.8) is 0 Å². The molecule has 4 nitrogen and oxygen atoms in total. The molecule has 0 spiro atoms. The maximum absolute atomic E-state index is 13.0. The minimum absolute atomic E-state index is 0.111. The van der Waals surface area contributed by atoms with Crippen molar-refractivity contribution in [1.29, 1.82) is 0 Å². The van der Waals surface area contributed by atoms with E-state index in [4.69, 9.17) is 0 Å². The van der Waals surface area contributed by atoms with E-state index in [2.05, 4.69) is 10.3 Å². The van der Waals surface area contributed by atoms with E-state index in [1.807, 2.05) is 91.1 Å². The van der Waals surface area contributed by atoms with Crippen LogP contribution in [0.15, 0.2) is 102 Å². The SMILES string of the molecule is O=c1c(Nc2ccccc2)cc(-c2ccccn2)cn1-c1ccccc1. The lowest BCUT2D eigenvalue weighted by Gasteiger charge is -2.13. The first-order chi connectivity index (χ1) is 12.8. The molecule has 0 unspecified atom stereocenters. The van der Waals surface area contributed by atoms with Crippen molar-refractivity contribution in [3.8, 4) is 16.9 Å². The highest BCUT2D eigenvalue weighted by Crippen LogP contribution is 2.22. The fourth-order valence-corrected chi connectivity index (χ4v) is 2.80. The summed E-state index contributed by atoms with van der Waals surface area (Å²) in [6.07, 6.45) is 3.58. The Morgan fingerprint density at radius 1 is 0.808 bits per heavy atom. The second-order valence-electron chi connectivity index (χ2n) is 5.86. The molecule has 4 heteroatoms. The fourth-order valence-electron chi connectivity index (χ4n) is 2.80. The Bertz CT molecular complexity index is 1060. The van der Waals surface area contributed by atoms with Crippen LogP contribution in [0.3, 0.4) is 0 Å². The third-order valence-electron chi connectivity index (χ3n) is 4.07. The van der Waals surface area contributed by atoms with Gasteiger partial charge < -0.3 is 5.32 Å². The zero-order chi connectivity index (χ0) is 17.8. The summed E-state index contributed by atoms with van der Waals surface area (Å²) in [7, 11) is 0. The van der Waals surface area contributed by atoms with Gasteiger partial charge in [0.25, 0.3) is 5.56 Å². The minimum Gasteiger partial charge on any atom is -0.351 e. The van der Waals surface area contributed by atoms with E-state index in [0.717, 1.165) is 22.6 Å². The summed E-state index contributed by atoms with van der Waals surface area (Å²) in [5.74, 6) is 0. The molecule has 0 aliphatic rings. The van der Waals surface area contributed by atoms with Gasteiger partial charge in [-0.05, 0) is 42.5 Å². The number of rotatable bonds is 4. The number of nitrogens with one attached hydrogen (secondary N) is 1. The molecule has 0 radical (unpaired) electrons. The lowest BCUT2D eigenvalue weighted by molar-refractivity contribution is 0.993. The predicted octanol–water partition coefficient (Wildman–Crippen LogP) is 4.64. The van der Waals surface area contributed by atoms with Gasteiger partial charge in [0.2, 0.25) is 0 Å². The monoisotopic (exact) mass is 339 g/mol. The maximum Gasteiger partial charge on any atom is 0.278 e. The first-order valence-corrected chi connectivity index (χ1v) is 8.37. The van der Waals surface area contributed by atoms with Crippen LogP contribution in [-0.2, 0) is 0 Å². The lowest BCUT2D eigenvalue weighted by atomic mass is 10.1. The van der Waals surface area contributed by atoms with Crippen LogP contribution in [0.2, 0.25) is 0 Å². The summed E-state index contributed by atoms with van der Waals surface area (Å²) in [4.78, 5) is 17.5. The molecule has 1 N–H and O–H groups in total. The number of anilines is 2. The van der Waals surface area contributed by atoms with Gasteiger partial charge in [-0.15, -0.1) is 0 Å². The van der Waals surface area contributed by atoms with Crippen LogP contribution in [0.1, 0.15) is 0 Å². The lowest BCUT2D eigenvalue weighted by Crippen LogP contribution is -2.21. The van der Waals surface area contributed by atoms with Gasteiger partial charge in [0.05, 0.1) is 5.69 Å². The van der Waals surface area contributed by atoms with Crippen LogP contribution in [0.4, 0.5) is 11.4 Å². The first-order valence-electron chi connectivity index (χ1n) is 8.37. The van der Waals surface area contributed by atoms with Gasteiger partial charge in [-0.25, -0.2) is 0 Å². The molecule has 126 valence electrons. The van der Waals surface area contributed by atoms with Crippen molar-refractivity contribution < 1.29 is 0 Å². The number of benzene rings is 2. The fraction of sp³-hybridized carbons (Fsp3) is 0. The standard InChI is InChI=1S/C22H17N3O/c26-22-21(24-18-9-3-1-4-10-18)15-17(20-13-7-8-14-23-20)16-25(22)19-11-5-2-6-12-19/h1-16,24H. The highest BCUT2D eigenvalue weighted by Gasteiger charge is 2.10. The molecule has 2 heterocycles. The second-order valence-corrected chi connectivity index (χ2v) is 5.86. The predicted molar refractivity (Wildman–Crippen MR) is 105 cm³/mol. The molecule has 26 heavy (non-hydrogen) atoms. The van der Waals surface area contributed by atoms with Crippen molar-refractivity contribution in [2.75, 3.05) is 5.32 Å². The Labute approximate surface area is 151 Å². The van der Waals surface area contributed by atoms with Gasteiger partial charge in [-0.1, -0.05) is 42.5 Å². The van der Waals surface area contributed by atoms with Crippen LogP contribution in [0, 0.1) is 0 Å². The third-order valence-corrected chi connectivity index (χ3v) is 4.07. The van der Waals surface area contributed by atoms with E-state index in [1.54, 1.807) is 10.8 Å². The quantitative estimate of drug-likeness (QED) is 0.589. The average molecular weight is 339 g/mol. The Morgan fingerprint density at radius 3 is 2.19 bits per heavy atom. The van der Waals surface area contributed by atoms with Gasteiger partial charge >= 0.3 is 0 Å². The third kappa shape index (κ3) is 3.26. The van der Waals surface area contributed by atoms with E-state index in [-0.39, 0.29) is 5.56 Å². The van der Waals surface area contributed by atoms with Gasteiger partial charge in [-0.3, -0.25) is 14.3 Å². The van der Waals surface area contributed by atoms with Crippen LogP contribution in [0.5, 0.6) is 0 Å². The van der Waals surface area contributed by atoms with Crippen molar-refractivity contribution in [3.05, 3.63) is 108 Å². The summed E-state index contributed by atoms with van der Waals surface area (Å²) in [5, 5.41) is 3.23. The molecule has 0 bridgehead atoms. The Balaban J connectivity index is 1.89. The van der Waals surface area contributed by atoms with Gasteiger partial charge in [-0.2, -0.15) is 0 Å². The number of aromatic nitrogens is 2. The van der Waals surface area contributed by atoms with Crippen molar-refractivity contribution in [2.45, 2.75) is 0 Å². The zero-order valence-corrected chi connectivity index (χ0v) is 14.0. The number of hydrogen-bond acceptors (Lipinski definition) is 3. The Hall–Kier alpha value is -3.66. The molecule has 0 fully saturated rings. The zero-order valence-electron chi connectivity index (χ0n) is 14.0. The smallest absolute Gasteiger partial charge is 0.278 e. The highest BCUT2D eigenvalue weighted by atomic mass is 16.1. The summed E-state index contributed by atoms with van der Waals surface area (Å²) in [6.45, 7) is 0. The van der Waals surface area contributed by atoms with Gasteiger partial charge in [0.15, 0.2) is 0 Å². The van der Waals surface area contributed by atoms with E-state index < -0.39 is 0 Å². The second kappa shape index (κ2) is 7.07. The van der Waals surface area contributed by atoms with E-state index in [1.165, 1.54) is 0 Å². The van der Waals surface area contributed by atoms with Crippen LogP contribution >= 0.6 is 0 Å². The highest BCUT2D eigenvalue weighted by molar-refractivity contribution is 5.68. The molecule has 0 saturated heterocycles. The van der Waals surface area contributed by atoms with Crippen molar-refractivity contribution in [2.24, 2.45) is 0 Å². The molecule has 4 aromatic rings. The average Bonchev–Trinajstić information content (AvgIpc) is 2.71. The molecule has 0 aliphatic carbocycles. The summed E-state index contributed by atoms with van der Waals surface area (Å²) >= 11 is 0. The normalized spacial score (nSPS) is 10.5. The number of pyridine rings is 2. The van der Waals surface area contributed by atoms with Crippen molar-refractivity contribution >= 4 is 11.4 Å². The topological polar surface area (TPSA) is 46.9 Å². The molecule has 0 saturated carbocycles. The van der Waals surface area contributed by atoms with E-state index in [9.17, 15) is 4.79 Å². The minimum atomic E-state index is -0.111. The van der Waals surface area contributed by atoms with E-state index in [0.29, 0.717) is 5.69 Å². The molecule has 0 amide bonds. The Morgan fingerprint density at radius 2 is 1.50 bits per heavy atom. The number of nitrogens with zero attached hydrogens (tertiary/aromatic N) is 2. The molecule has 2 aromatic carbocycles. The van der Waals surface area contributed by atoms with Crippen LogP contribution < -0.4 is 10.9 Å². The molecular weight excluding hydrogens is 322 g/mol. The summed E-state index contributed by atoms with van der Waals surface area (Å²) in [6, 6.07) is 26.8. The van der Waals surface area contributed by atoms with Crippen LogP contribution in [0.25, 0.3) is 16.9 Å². The van der Waals surface area contributed by atoms with E-state index >= 15 is 0 Å². The number of para-hydroxylation sites is 2. The molecular formula is C22H17N3O. The molecule has 0 atom stereocenters. The summed E-state index contributed by atoms with van der Waals surface area (Å²) in [5.41, 5.74) is 3.75. The number of hydrogen-bond donors (Lipinski definition) is 1. The van der Waals surface area contributed by atoms with Gasteiger partial charge in [0.1, 0.15) is 5.69 Å². The van der Waals surface area contributed by atoms with Crippen LogP contribution in [-0.4, -0.2) is 9.55 Å². The Kier molecular flexibility index (Phi) is 4.31. The first kappa shape index (κ1) is 15.8. The largest absolute Gasteiger partial charge is 0.351 e. The van der Waals surface area contributed by atoms with Crippen molar-refractivity contribution in [1.82, 2.24) is 9.55 Å². The molecule has 2 aromatic heterocycles. The summed E-state index contributed by atoms with van der Waals surface area (Å²) < 4.78 is 1.65. The molecule has 0 aliphatic heterocycles. The van der Waals surface area contributed by atoms with Gasteiger partial charge in [0, 0.05) is 29.3 Å². The maximum atomic E-state index is 13.0.